The van der Waals surface area contributed by atoms with Crippen molar-refractivity contribution in [1.82, 2.24) is 4.98 Å². The van der Waals surface area contributed by atoms with E-state index in [2.05, 4.69) is 10.3 Å². The van der Waals surface area contributed by atoms with Crippen molar-refractivity contribution in [3.8, 4) is 0 Å². The summed E-state index contributed by atoms with van der Waals surface area (Å²) >= 11 is 1.33. The van der Waals surface area contributed by atoms with E-state index in [1.807, 2.05) is 73.9 Å². The lowest BCUT2D eigenvalue weighted by molar-refractivity contribution is 0.623. The fourth-order valence-electron chi connectivity index (χ4n) is 1.93. The molecule has 0 amide bonds. The maximum atomic E-state index is 6.97. The molecule has 0 saturated carbocycles. The van der Waals surface area contributed by atoms with Crippen LogP contribution in [0.3, 0.4) is 0 Å². The summed E-state index contributed by atoms with van der Waals surface area (Å²) < 4.78 is 5.64. The Hall–Kier alpha value is -2.53. The van der Waals surface area contributed by atoms with Crippen LogP contribution in [0.5, 0.6) is 0 Å². The standard InChI is InChI=1S/C16H13N3OS.C2H6/c17-11-21-9-8-12-4-3-5-13(10-12)18-16-19-14-6-1-2-7-15(14)20-16;1-2/h1-11,17H,(H,18,19);1-2H3/b9-8+,17-11?;. The van der Waals surface area contributed by atoms with Crippen LogP contribution in [0, 0.1) is 5.41 Å². The normalized spacial score (nSPS) is 10.3. The topological polar surface area (TPSA) is 61.9 Å². The highest BCUT2D eigenvalue weighted by atomic mass is 32.2. The molecule has 3 aromatic rings. The van der Waals surface area contributed by atoms with Gasteiger partial charge in [0.1, 0.15) is 5.52 Å². The zero-order chi connectivity index (χ0) is 16.5. The molecule has 0 aliphatic rings. The minimum absolute atomic E-state index is 0.478. The lowest BCUT2D eigenvalue weighted by Crippen LogP contribution is -1.90. The van der Waals surface area contributed by atoms with Crippen LogP contribution >= 0.6 is 11.8 Å². The number of rotatable bonds is 5. The van der Waals surface area contributed by atoms with Gasteiger partial charge in [-0.25, -0.2) is 0 Å². The molecule has 4 nitrogen and oxygen atoms in total. The number of nitrogens with one attached hydrogen (secondary N) is 2. The summed E-state index contributed by atoms with van der Waals surface area (Å²) in [6.07, 6.45) is 1.95. The smallest absolute Gasteiger partial charge is 0.300 e. The minimum Gasteiger partial charge on any atom is -0.423 e. The number of benzene rings is 2. The average molecular weight is 325 g/mol. The predicted octanol–water partition coefficient (Wildman–Crippen LogP) is 5.91. The molecule has 23 heavy (non-hydrogen) atoms. The van der Waals surface area contributed by atoms with Crippen LogP contribution in [0.1, 0.15) is 19.4 Å². The Morgan fingerprint density at radius 3 is 2.74 bits per heavy atom. The van der Waals surface area contributed by atoms with Crippen molar-refractivity contribution in [2.24, 2.45) is 0 Å². The summed E-state index contributed by atoms with van der Waals surface area (Å²) in [7, 11) is 0. The molecule has 1 aromatic heterocycles. The zero-order valence-electron chi connectivity index (χ0n) is 13.1. The highest BCUT2D eigenvalue weighted by Gasteiger charge is 2.04. The lowest BCUT2D eigenvalue weighted by Gasteiger charge is -2.02. The van der Waals surface area contributed by atoms with Crippen molar-refractivity contribution in [3.05, 3.63) is 59.5 Å². The summed E-state index contributed by atoms with van der Waals surface area (Å²) in [6, 6.07) is 16.0. The Labute approximate surface area is 140 Å². The molecule has 0 atom stereocenters. The van der Waals surface area contributed by atoms with Crippen LogP contribution in [0.15, 0.2) is 58.4 Å². The largest absolute Gasteiger partial charge is 0.423 e. The molecule has 2 N–H and O–H groups in total. The monoisotopic (exact) mass is 325 g/mol. The van der Waals surface area contributed by atoms with E-state index in [9.17, 15) is 0 Å². The first-order valence-corrected chi connectivity index (χ1v) is 8.33. The van der Waals surface area contributed by atoms with Gasteiger partial charge in [-0.1, -0.05) is 49.9 Å². The van der Waals surface area contributed by atoms with Crippen LogP contribution in [0.25, 0.3) is 17.2 Å². The SMILES string of the molecule is CC.N=CS/C=C/c1cccc(Nc2nc3ccccc3o2)c1. The van der Waals surface area contributed by atoms with Gasteiger partial charge in [-0.3, -0.25) is 0 Å². The van der Waals surface area contributed by atoms with Gasteiger partial charge in [-0.05, 0) is 41.3 Å². The molecular weight excluding hydrogens is 306 g/mol. The zero-order valence-corrected chi connectivity index (χ0v) is 13.9. The van der Waals surface area contributed by atoms with E-state index in [1.165, 1.54) is 17.3 Å². The number of aromatic nitrogens is 1. The molecule has 0 saturated heterocycles. The fraction of sp³-hybridized carbons (Fsp3) is 0.111. The van der Waals surface area contributed by atoms with E-state index in [1.54, 1.807) is 0 Å². The Kier molecular flexibility index (Phi) is 6.44. The molecule has 1 heterocycles. The van der Waals surface area contributed by atoms with Crippen molar-refractivity contribution in [2.45, 2.75) is 13.8 Å². The highest BCUT2D eigenvalue weighted by Crippen LogP contribution is 2.22. The summed E-state index contributed by atoms with van der Waals surface area (Å²) in [6.45, 7) is 4.00. The molecule has 0 radical (unpaired) electrons. The van der Waals surface area contributed by atoms with Crippen molar-refractivity contribution < 1.29 is 4.42 Å². The van der Waals surface area contributed by atoms with Crippen LogP contribution in [0.4, 0.5) is 11.7 Å². The van der Waals surface area contributed by atoms with Gasteiger partial charge in [0, 0.05) is 5.69 Å². The first-order chi connectivity index (χ1) is 11.3. The summed E-state index contributed by atoms with van der Waals surface area (Å²) in [5.41, 5.74) is 4.84. The van der Waals surface area contributed by atoms with Crippen LogP contribution in [-0.2, 0) is 0 Å². The van der Waals surface area contributed by atoms with Gasteiger partial charge >= 0.3 is 0 Å². The van der Waals surface area contributed by atoms with Crippen molar-refractivity contribution >= 4 is 46.2 Å². The molecule has 2 aromatic carbocycles. The van der Waals surface area contributed by atoms with Crippen LogP contribution < -0.4 is 5.32 Å². The first-order valence-electron chi connectivity index (χ1n) is 7.39. The molecule has 118 valence electrons. The quantitative estimate of drug-likeness (QED) is 0.452. The lowest BCUT2D eigenvalue weighted by atomic mass is 10.2. The second-order valence-corrected chi connectivity index (χ2v) is 5.07. The number of hydrogen-bond donors (Lipinski definition) is 2. The third-order valence-corrected chi connectivity index (χ3v) is 3.27. The average Bonchev–Trinajstić information content (AvgIpc) is 2.99. The van der Waals surface area contributed by atoms with Gasteiger partial charge in [-0.2, -0.15) is 4.98 Å². The van der Waals surface area contributed by atoms with E-state index in [0.29, 0.717) is 6.01 Å². The van der Waals surface area contributed by atoms with Crippen LogP contribution in [0.2, 0.25) is 0 Å². The fourth-order valence-corrected chi connectivity index (χ4v) is 2.24. The van der Waals surface area contributed by atoms with Gasteiger partial charge in [-0.15, -0.1) is 0 Å². The van der Waals surface area contributed by atoms with Crippen molar-refractivity contribution in [2.75, 3.05) is 5.32 Å². The molecule has 0 spiro atoms. The second kappa shape index (κ2) is 8.80. The van der Waals surface area contributed by atoms with E-state index in [4.69, 9.17) is 9.83 Å². The van der Waals surface area contributed by atoms with E-state index >= 15 is 0 Å². The van der Waals surface area contributed by atoms with Crippen molar-refractivity contribution in [3.63, 3.8) is 0 Å². The van der Waals surface area contributed by atoms with Crippen LogP contribution in [-0.4, -0.2) is 10.5 Å². The van der Waals surface area contributed by atoms with Crippen molar-refractivity contribution in [1.29, 1.82) is 5.41 Å². The third-order valence-electron chi connectivity index (χ3n) is 2.84. The van der Waals surface area contributed by atoms with Gasteiger partial charge in [0.15, 0.2) is 5.58 Å². The molecule has 0 bridgehead atoms. The Balaban J connectivity index is 0.000000924. The first kappa shape index (κ1) is 16.8. The minimum atomic E-state index is 0.478. The van der Waals surface area contributed by atoms with Gasteiger partial charge in [0.25, 0.3) is 6.01 Å². The molecule has 0 fully saturated rings. The predicted molar refractivity (Wildman–Crippen MR) is 100 cm³/mol. The van der Waals surface area contributed by atoms with Gasteiger partial charge in [0.2, 0.25) is 0 Å². The number of oxazole rings is 1. The number of para-hydroxylation sites is 2. The number of nitrogens with zero attached hydrogens (tertiary/aromatic N) is 1. The van der Waals surface area contributed by atoms with E-state index < -0.39 is 0 Å². The molecule has 5 heteroatoms. The van der Waals surface area contributed by atoms with E-state index in [-0.39, 0.29) is 0 Å². The summed E-state index contributed by atoms with van der Waals surface area (Å²) in [4.78, 5) is 4.38. The Morgan fingerprint density at radius 2 is 1.96 bits per heavy atom. The second-order valence-electron chi connectivity index (χ2n) is 4.29. The highest BCUT2D eigenvalue weighted by molar-refractivity contribution is 8.14. The summed E-state index contributed by atoms with van der Waals surface area (Å²) in [5.74, 6) is 0. The number of anilines is 2. The Bertz CT molecular complexity index is 763. The maximum Gasteiger partial charge on any atom is 0.300 e. The van der Waals surface area contributed by atoms with E-state index in [0.717, 1.165) is 22.4 Å². The van der Waals surface area contributed by atoms with Gasteiger partial charge in [0.05, 0.1) is 5.55 Å². The molecule has 0 aliphatic carbocycles. The van der Waals surface area contributed by atoms with Gasteiger partial charge < -0.3 is 15.1 Å². The Morgan fingerprint density at radius 1 is 1.13 bits per heavy atom. The molecule has 0 aliphatic heterocycles. The molecule has 0 unspecified atom stereocenters. The third kappa shape index (κ3) is 4.72. The molecule has 3 rings (SSSR count). The summed E-state index contributed by atoms with van der Waals surface area (Å²) in [5, 5.41) is 12.0. The number of hydrogen-bond acceptors (Lipinski definition) is 5. The molecular formula is C18H19N3OS. The number of fused-ring (bicyclic) bond motifs is 1. The maximum absolute atomic E-state index is 6.97. The number of thioether (sulfide) groups is 1.